The molecule has 0 bridgehead atoms. The zero-order chi connectivity index (χ0) is 11.5. The van der Waals surface area contributed by atoms with E-state index in [0.717, 1.165) is 9.26 Å². The summed E-state index contributed by atoms with van der Waals surface area (Å²) < 4.78 is 18.5. The van der Waals surface area contributed by atoms with Crippen LogP contribution >= 0.6 is 22.6 Å². The molecule has 0 saturated heterocycles. The van der Waals surface area contributed by atoms with Gasteiger partial charge in [-0.05, 0) is 47.2 Å². The van der Waals surface area contributed by atoms with Crippen molar-refractivity contribution >= 4 is 34.2 Å². The Hall–Kier alpha value is -0.850. The second-order valence-electron chi connectivity index (χ2n) is 3.49. The molecule has 1 aliphatic heterocycles. The fraction of sp³-hybridized carbons (Fsp3) is 0.364. The summed E-state index contributed by atoms with van der Waals surface area (Å²) in [5.74, 6) is 0.590. The molecule has 0 radical (unpaired) electrons. The van der Waals surface area contributed by atoms with E-state index in [4.69, 9.17) is 4.74 Å². The zero-order valence-electron chi connectivity index (χ0n) is 8.58. The summed E-state index contributed by atoms with van der Waals surface area (Å²) in [4.78, 5) is 13.2. The van der Waals surface area contributed by atoms with E-state index >= 15 is 0 Å². The van der Waals surface area contributed by atoms with Gasteiger partial charge in [0.2, 0.25) is 0 Å². The summed E-state index contributed by atoms with van der Waals surface area (Å²) in [5.41, 5.74) is 0.741. The quantitative estimate of drug-likeness (QED) is 0.794. The molecule has 16 heavy (non-hydrogen) atoms. The number of halogens is 2. The largest absolute Gasteiger partial charge is 0.482 e. The number of carbonyl (C=O) groups is 1. The zero-order valence-corrected chi connectivity index (χ0v) is 10.7. The van der Waals surface area contributed by atoms with E-state index in [1.807, 2.05) is 18.2 Å². The van der Waals surface area contributed by atoms with Crippen LogP contribution in [0.1, 0.15) is 6.42 Å². The summed E-state index contributed by atoms with van der Waals surface area (Å²) in [6.45, 7) is 0.0377. The summed E-state index contributed by atoms with van der Waals surface area (Å²) >= 11 is 2.18. The molecule has 0 spiro atoms. The van der Waals surface area contributed by atoms with Crippen LogP contribution in [0.2, 0.25) is 0 Å². The SMILES string of the molecule is O=C1COc2cc(I)ccc2N1CCCF. The molecule has 0 fully saturated rings. The lowest BCUT2D eigenvalue weighted by molar-refractivity contribution is -0.121. The van der Waals surface area contributed by atoms with Gasteiger partial charge in [-0.2, -0.15) is 0 Å². The van der Waals surface area contributed by atoms with Gasteiger partial charge in [0.25, 0.3) is 5.91 Å². The lowest BCUT2D eigenvalue weighted by atomic mass is 10.2. The third kappa shape index (κ3) is 2.28. The van der Waals surface area contributed by atoms with Crippen LogP contribution in [-0.2, 0) is 4.79 Å². The van der Waals surface area contributed by atoms with Gasteiger partial charge in [0.15, 0.2) is 6.61 Å². The molecule has 1 aromatic rings. The Kier molecular flexibility index (Phi) is 3.63. The Morgan fingerprint density at radius 1 is 1.50 bits per heavy atom. The first-order valence-electron chi connectivity index (χ1n) is 5.01. The molecule has 0 aliphatic carbocycles. The highest BCUT2D eigenvalue weighted by Gasteiger charge is 2.24. The van der Waals surface area contributed by atoms with Crippen LogP contribution in [0.5, 0.6) is 5.75 Å². The highest BCUT2D eigenvalue weighted by atomic mass is 127. The normalized spacial score (nSPS) is 14.6. The van der Waals surface area contributed by atoms with Gasteiger partial charge in [-0.25, -0.2) is 0 Å². The molecule has 5 heteroatoms. The van der Waals surface area contributed by atoms with Crippen LogP contribution in [-0.4, -0.2) is 25.7 Å². The highest BCUT2D eigenvalue weighted by Crippen LogP contribution is 2.33. The number of nitrogens with zero attached hydrogens (tertiary/aromatic N) is 1. The van der Waals surface area contributed by atoms with Crippen molar-refractivity contribution in [3.63, 3.8) is 0 Å². The van der Waals surface area contributed by atoms with Gasteiger partial charge in [0, 0.05) is 10.1 Å². The van der Waals surface area contributed by atoms with Crippen LogP contribution in [0.25, 0.3) is 0 Å². The van der Waals surface area contributed by atoms with Gasteiger partial charge >= 0.3 is 0 Å². The molecule has 2 rings (SSSR count). The third-order valence-electron chi connectivity index (χ3n) is 2.38. The molecule has 1 heterocycles. The Balaban J connectivity index is 2.29. The molecule has 3 nitrogen and oxygen atoms in total. The van der Waals surface area contributed by atoms with E-state index in [1.165, 1.54) is 0 Å². The molecule has 0 aromatic heterocycles. The smallest absolute Gasteiger partial charge is 0.265 e. The summed E-state index contributed by atoms with van der Waals surface area (Å²) in [5, 5.41) is 0. The van der Waals surface area contributed by atoms with Crippen LogP contribution in [0.4, 0.5) is 10.1 Å². The highest BCUT2D eigenvalue weighted by molar-refractivity contribution is 14.1. The van der Waals surface area contributed by atoms with Crippen LogP contribution < -0.4 is 9.64 Å². The minimum atomic E-state index is -0.412. The van der Waals surface area contributed by atoms with Crippen molar-refractivity contribution in [1.29, 1.82) is 0 Å². The van der Waals surface area contributed by atoms with Crippen LogP contribution in [0, 0.1) is 3.57 Å². The maximum absolute atomic E-state index is 12.1. The topological polar surface area (TPSA) is 29.5 Å². The maximum atomic E-state index is 12.1. The molecule has 1 amide bonds. The second-order valence-corrected chi connectivity index (χ2v) is 4.73. The Morgan fingerprint density at radius 3 is 3.06 bits per heavy atom. The Morgan fingerprint density at radius 2 is 2.31 bits per heavy atom. The fourth-order valence-corrected chi connectivity index (χ4v) is 2.10. The van der Waals surface area contributed by atoms with Gasteiger partial charge in [0.05, 0.1) is 12.4 Å². The molecular formula is C11H11FINO2. The van der Waals surface area contributed by atoms with Crippen molar-refractivity contribution in [1.82, 2.24) is 0 Å². The number of anilines is 1. The first-order chi connectivity index (χ1) is 7.72. The molecular weight excluding hydrogens is 324 g/mol. The molecule has 1 aliphatic rings. The predicted molar refractivity (Wildman–Crippen MR) is 67.6 cm³/mol. The first-order valence-corrected chi connectivity index (χ1v) is 6.09. The molecule has 86 valence electrons. The third-order valence-corrected chi connectivity index (χ3v) is 3.05. The fourth-order valence-electron chi connectivity index (χ4n) is 1.64. The van der Waals surface area contributed by atoms with Crippen molar-refractivity contribution in [2.45, 2.75) is 6.42 Å². The van der Waals surface area contributed by atoms with Gasteiger partial charge in [-0.15, -0.1) is 0 Å². The Labute approximate surface area is 107 Å². The number of rotatable bonds is 3. The molecule has 0 unspecified atom stereocenters. The van der Waals surface area contributed by atoms with E-state index in [9.17, 15) is 9.18 Å². The van der Waals surface area contributed by atoms with E-state index in [1.54, 1.807) is 4.90 Å². The lowest BCUT2D eigenvalue weighted by Gasteiger charge is -2.29. The first kappa shape index (κ1) is 11.6. The predicted octanol–water partition coefficient (Wildman–Crippen LogP) is 2.38. The number of hydrogen-bond acceptors (Lipinski definition) is 2. The number of hydrogen-bond donors (Lipinski definition) is 0. The van der Waals surface area contributed by atoms with Crippen molar-refractivity contribution in [3.05, 3.63) is 21.8 Å². The van der Waals surface area contributed by atoms with Crippen LogP contribution in [0.15, 0.2) is 18.2 Å². The minimum absolute atomic E-state index is 0.0411. The van der Waals surface area contributed by atoms with Crippen molar-refractivity contribution in [3.8, 4) is 5.75 Å². The number of fused-ring (bicyclic) bond motifs is 1. The number of carbonyl (C=O) groups excluding carboxylic acids is 1. The average Bonchev–Trinajstić information content (AvgIpc) is 2.28. The van der Waals surface area contributed by atoms with Gasteiger partial charge in [-0.1, -0.05) is 0 Å². The average molecular weight is 335 g/mol. The van der Waals surface area contributed by atoms with Crippen molar-refractivity contribution in [2.24, 2.45) is 0 Å². The van der Waals surface area contributed by atoms with Gasteiger partial charge in [0.1, 0.15) is 5.75 Å². The maximum Gasteiger partial charge on any atom is 0.265 e. The van der Waals surface area contributed by atoms with E-state index in [2.05, 4.69) is 22.6 Å². The van der Waals surface area contributed by atoms with Gasteiger partial charge < -0.3 is 9.64 Å². The number of ether oxygens (including phenoxy) is 1. The van der Waals surface area contributed by atoms with Gasteiger partial charge in [-0.3, -0.25) is 9.18 Å². The number of benzene rings is 1. The molecule has 1 aromatic carbocycles. The van der Waals surface area contributed by atoms with Crippen molar-refractivity contribution < 1.29 is 13.9 Å². The molecule has 0 saturated carbocycles. The lowest BCUT2D eigenvalue weighted by Crippen LogP contribution is -2.39. The molecule has 0 atom stereocenters. The number of alkyl halides is 1. The summed E-state index contributed by atoms with van der Waals surface area (Å²) in [7, 11) is 0. The van der Waals surface area contributed by atoms with Crippen molar-refractivity contribution in [2.75, 3.05) is 24.7 Å². The van der Waals surface area contributed by atoms with E-state index < -0.39 is 6.67 Å². The van der Waals surface area contributed by atoms with Crippen LogP contribution in [0.3, 0.4) is 0 Å². The monoisotopic (exact) mass is 335 g/mol. The second kappa shape index (κ2) is 4.99. The van der Waals surface area contributed by atoms with E-state index in [0.29, 0.717) is 18.7 Å². The van der Waals surface area contributed by atoms with E-state index in [-0.39, 0.29) is 12.5 Å². The summed E-state index contributed by atoms with van der Waals surface area (Å²) in [6.07, 6.45) is 0.358. The standard InChI is InChI=1S/C11H11FINO2/c12-4-1-5-14-9-3-2-8(13)6-10(9)16-7-11(14)15/h2-3,6H,1,4-5,7H2. The minimum Gasteiger partial charge on any atom is -0.482 e. The summed E-state index contributed by atoms with van der Waals surface area (Å²) in [6, 6.07) is 5.63. The number of amides is 1. The Bertz CT molecular complexity index is 411. The molecule has 0 N–H and O–H groups in total.